The van der Waals surface area contributed by atoms with Crippen LogP contribution in [0.25, 0.3) is 0 Å². The van der Waals surface area contributed by atoms with Gasteiger partial charge in [-0.05, 0) is 12.8 Å². The van der Waals surface area contributed by atoms with E-state index in [-0.39, 0.29) is 19.5 Å². The molecule has 0 fully saturated rings. The zero-order valence-electron chi connectivity index (χ0n) is 12.7. The summed E-state index contributed by atoms with van der Waals surface area (Å²) in [6, 6.07) is 0. The maximum Gasteiger partial charge on any atom is 2.00 e. The molecule has 0 saturated heterocycles. The molecular formula is C12H28O6SZn. The Balaban J connectivity index is -0.000000101. The van der Waals surface area contributed by atoms with Crippen molar-refractivity contribution in [2.24, 2.45) is 0 Å². The van der Waals surface area contributed by atoms with Gasteiger partial charge >= 0.3 is 19.5 Å². The van der Waals surface area contributed by atoms with Crippen LogP contribution in [0.1, 0.15) is 65.2 Å². The van der Waals surface area contributed by atoms with Gasteiger partial charge in [0.2, 0.25) is 0 Å². The minimum atomic E-state index is -5.17. The quantitative estimate of drug-likeness (QED) is 0.293. The molecule has 0 radical (unpaired) electrons. The third-order valence-corrected chi connectivity index (χ3v) is 2.02. The third-order valence-electron chi connectivity index (χ3n) is 2.02. The molecule has 2 N–H and O–H groups in total. The Morgan fingerprint density at radius 1 is 0.750 bits per heavy atom. The van der Waals surface area contributed by atoms with Gasteiger partial charge in [-0.1, -0.05) is 52.4 Å². The van der Waals surface area contributed by atoms with Gasteiger partial charge in [0.1, 0.15) is 0 Å². The second kappa shape index (κ2) is 24.4. The summed E-state index contributed by atoms with van der Waals surface area (Å²) in [5.41, 5.74) is 0. The van der Waals surface area contributed by atoms with E-state index in [4.69, 9.17) is 27.7 Å². The van der Waals surface area contributed by atoms with Gasteiger partial charge in [0, 0.05) is 23.6 Å². The maximum atomic E-state index is 8.52. The van der Waals surface area contributed by atoms with E-state index in [0.717, 1.165) is 19.3 Å². The van der Waals surface area contributed by atoms with Crippen molar-refractivity contribution in [1.82, 2.24) is 0 Å². The van der Waals surface area contributed by atoms with Gasteiger partial charge in [-0.2, -0.15) is 0 Å². The summed E-state index contributed by atoms with van der Waals surface area (Å²) >= 11 is 0. The van der Waals surface area contributed by atoms with E-state index in [1.54, 1.807) is 0 Å². The molecule has 0 heterocycles. The molecule has 0 amide bonds. The predicted molar refractivity (Wildman–Crippen MR) is 72.9 cm³/mol. The Morgan fingerprint density at radius 2 is 1.05 bits per heavy atom. The van der Waals surface area contributed by atoms with Crippen LogP contribution in [0.4, 0.5) is 0 Å². The molecule has 0 rings (SSSR count). The van der Waals surface area contributed by atoms with E-state index in [9.17, 15) is 0 Å². The minimum Gasteiger partial charge on any atom is -0.759 e. The summed E-state index contributed by atoms with van der Waals surface area (Å²) in [6.45, 7) is 4.98. The van der Waals surface area contributed by atoms with Gasteiger partial charge in [-0.15, -0.1) is 0 Å². The first-order valence-electron chi connectivity index (χ1n) is 6.71. The molecule has 20 heavy (non-hydrogen) atoms. The number of aliphatic hydroxyl groups excluding tert-OH is 2. The van der Waals surface area contributed by atoms with Crippen molar-refractivity contribution in [2.75, 3.05) is 13.2 Å². The maximum absolute atomic E-state index is 8.52. The minimum absolute atomic E-state index is 0. The van der Waals surface area contributed by atoms with E-state index in [2.05, 4.69) is 13.8 Å². The van der Waals surface area contributed by atoms with Crippen LogP contribution in [-0.2, 0) is 29.9 Å². The number of unbranched alkanes of at least 4 members (excludes halogenated alkanes) is 6. The van der Waals surface area contributed by atoms with Gasteiger partial charge < -0.3 is 19.3 Å². The fraction of sp³-hybridized carbons (Fsp3) is 1.00. The molecule has 0 spiro atoms. The molecule has 0 unspecified atom stereocenters. The number of hydrogen-bond acceptors (Lipinski definition) is 6. The first-order chi connectivity index (χ1) is 8.83. The predicted octanol–water partition coefficient (Wildman–Crippen LogP) is 1.78. The van der Waals surface area contributed by atoms with Crippen LogP contribution >= 0.6 is 0 Å². The van der Waals surface area contributed by atoms with Gasteiger partial charge in [0.05, 0.1) is 0 Å². The molecule has 0 aromatic carbocycles. The van der Waals surface area contributed by atoms with E-state index in [1.807, 2.05) is 0 Å². The van der Waals surface area contributed by atoms with Gasteiger partial charge in [0.25, 0.3) is 0 Å². The Kier molecular flexibility index (Phi) is 34.9. The standard InChI is InChI=1S/C8H18O.C4H10O.H2O4S.Zn/c1-2-3-4-5-6-7-8-9;1-2-3-4-5;1-5(2,3)4;/h9H,2-8H2,1H3;5H,2-4H2,1H3;(H2,1,2,3,4);/q;;;+2/p-2. The van der Waals surface area contributed by atoms with Crippen LogP contribution in [-0.4, -0.2) is 41.0 Å². The van der Waals surface area contributed by atoms with Crippen LogP contribution in [0.2, 0.25) is 0 Å². The molecule has 0 saturated carbocycles. The molecule has 0 aliphatic rings. The van der Waals surface area contributed by atoms with E-state index >= 15 is 0 Å². The molecule has 0 aromatic heterocycles. The fourth-order valence-corrected chi connectivity index (χ4v) is 1.05. The molecule has 0 aromatic rings. The summed E-state index contributed by atoms with van der Waals surface area (Å²) in [4.78, 5) is 0. The van der Waals surface area contributed by atoms with Crippen LogP contribution in [0.5, 0.6) is 0 Å². The SMILES string of the molecule is CCCCCCCCO.CCCCO.O=S(=O)([O-])[O-].[Zn+2]. The molecular weight excluding hydrogens is 338 g/mol. The van der Waals surface area contributed by atoms with Crippen molar-refractivity contribution in [3.05, 3.63) is 0 Å². The normalized spacial score (nSPS) is 9.50. The average molecular weight is 366 g/mol. The average Bonchev–Trinajstić information content (AvgIpc) is 2.29. The van der Waals surface area contributed by atoms with Crippen molar-refractivity contribution in [3.8, 4) is 0 Å². The number of hydrogen-bond donors (Lipinski definition) is 2. The second-order valence-corrected chi connectivity index (χ2v) is 4.79. The Morgan fingerprint density at radius 3 is 1.30 bits per heavy atom. The van der Waals surface area contributed by atoms with E-state index in [1.165, 1.54) is 32.1 Å². The summed E-state index contributed by atoms with van der Waals surface area (Å²) in [5, 5.41) is 16.5. The number of rotatable bonds is 8. The van der Waals surface area contributed by atoms with Crippen molar-refractivity contribution in [1.29, 1.82) is 0 Å². The zero-order valence-corrected chi connectivity index (χ0v) is 16.5. The Bertz CT molecular complexity index is 218. The van der Waals surface area contributed by atoms with Crippen LogP contribution in [0.15, 0.2) is 0 Å². The Labute approximate surface area is 136 Å². The largest absolute Gasteiger partial charge is 2.00 e. The topological polar surface area (TPSA) is 121 Å². The summed E-state index contributed by atoms with van der Waals surface area (Å²) in [7, 11) is -5.17. The fourth-order valence-electron chi connectivity index (χ4n) is 1.05. The van der Waals surface area contributed by atoms with Gasteiger partial charge in [-0.3, -0.25) is 8.42 Å². The van der Waals surface area contributed by atoms with E-state index < -0.39 is 10.4 Å². The number of aliphatic hydroxyl groups is 2. The first kappa shape index (κ1) is 28.6. The summed E-state index contributed by atoms with van der Waals surface area (Å²) < 4.78 is 34.1. The zero-order chi connectivity index (χ0) is 15.6. The summed E-state index contributed by atoms with van der Waals surface area (Å²) in [6.07, 6.45) is 9.53. The van der Waals surface area contributed by atoms with Crippen LogP contribution in [0.3, 0.4) is 0 Å². The summed E-state index contributed by atoms with van der Waals surface area (Å²) in [5.74, 6) is 0. The van der Waals surface area contributed by atoms with Crippen LogP contribution < -0.4 is 0 Å². The van der Waals surface area contributed by atoms with Crippen molar-refractivity contribution < 1.29 is 47.2 Å². The molecule has 0 aliphatic carbocycles. The molecule has 8 heteroatoms. The van der Waals surface area contributed by atoms with Crippen molar-refractivity contribution in [3.63, 3.8) is 0 Å². The molecule has 0 bridgehead atoms. The third kappa shape index (κ3) is 78.9. The molecule has 120 valence electrons. The molecule has 6 nitrogen and oxygen atoms in total. The van der Waals surface area contributed by atoms with Crippen molar-refractivity contribution in [2.45, 2.75) is 65.2 Å². The monoisotopic (exact) mass is 364 g/mol. The van der Waals surface area contributed by atoms with Crippen molar-refractivity contribution >= 4 is 10.4 Å². The van der Waals surface area contributed by atoms with E-state index in [0.29, 0.717) is 13.2 Å². The van der Waals surface area contributed by atoms with Crippen LogP contribution in [0, 0.1) is 0 Å². The Hall–Kier alpha value is 0.413. The molecule has 0 atom stereocenters. The smallest absolute Gasteiger partial charge is 0.759 e. The molecule has 0 aliphatic heterocycles. The first-order valence-corrected chi connectivity index (χ1v) is 8.05. The van der Waals surface area contributed by atoms with Gasteiger partial charge in [-0.25, -0.2) is 0 Å². The van der Waals surface area contributed by atoms with Gasteiger partial charge in [0.15, 0.2) is 0 Å². The second-order valence-electron chi connectivity index (χ2n) is 3.98.